The quantitative estimate of drug-likeness (QED) is 0.421. The molecule has 0 unspecified atom stereocenters. The summed E-state index contributed by atoms with van der Waals surface area (Å²) >= 11 is 11.5. The van der Waals surface area contributed by atoms with E-state index in [1.54, 1.807) is 0 Å². The lowest BCUT2D eigenvalue weighted by atomic mass is 10.1. The summed E-state index contributed by atoms with van der Waals surface area (Å²) < 4.78 is 38.4. The van der Waals surface area contributed by atoms with Gasteiger partial charge in [-0.05, 0) is 36.7 Å². The van der Waals surface area contributed by atoms with Crippen molar-refractivity contribution in [1.29, 1.82) is 5.41 Å². The van der Waals surface area contributed by atoms with Crippen LogP contribution in [0.2, 0.25) is 10.3 Å². The number of hydrogen-bond acceptors (Lipinski definition) is 6. The topological polar surface area (TPSA) is 121 Å². The number of carboxylic acids is 1. The molecule has 138 valence electrons. The number of carbonyl (C=O) groups is 1. The Labute approximate surface area is 158 Å². The maximum Gasteiger partial charge on any atom is 0.339 e. The van der Waals surface area contributed by atoms with Crippen molar-refractivity contribution in [2.45, 2.75) is 23.5 Å². The average molecular weight is 420 g/mol. The van der Waals surface area contributed by atoms with Gasteiger partial charge >= 0.3 is 5.97 Å². The fraction of sp³-hybridized carbons (Fsp3) is 0.200. The van der Waals surface area contributed by atoms with Crippen LogP contribution in [0.3, 0.4) is 0 Å². The average Bonchev–Trinajstić information content (AvgIpc) is 2.53. The first kappa shape index (κ1) is 20.2. The molecule has 0 aliphatic rings. The highest BCUT2D eigenvalue weighted by Gasteiger charge is 2.29. The van der Waals surface area contributed by atoms with Gasteiger partial charge in [-0.3, -0.25) is 0 Å². The fourth-order valence-corrected chi connectivity index (χ4v) is 4.19. The number of aromatic nitrogens is 2. The van der Waals surface area contributed by atoms with Gasteiger partial charge in [0.15, 0.2) is 9.84 Å². The Morgan fingerprint density at radius 2 is 2.04 bits per heavy atom. The third kappa shape index (κ3) is 4.17. The minimum Gasteiger partial charge on any atom is -0.478 e. The van der Waals surface area contributed by atoms with Crippen LogP contribution in [0.1, 0.15) is 29.4 Å². The molecule has 1 aromatic carbocycles. The van der Waals surface area contributed by atoms with Crippen molar-refractivity contribution < 1.29 is 22.7 Å². The highest BCUT2D eigenvalue weighted by molar-refractivity contribution is 7.92. The van der Waals surface area contributed by atoms with E-state index in [2.05, 4.69) is 9.97 Å². The lowest BCUT2D eigenvalue weighted by Gasteiger charge is -2.15. The molecule has 0 bridgehead atoms. The molecule has 0 fully saturated rings. The summed E-state index contributed by atoms with van der Waals surface area (Å²) in [7, 11) is -4.00. The molecule has 0 spiro atoms. The van der Waals surface area contributed by atoms with E-state index < -0.39 is 26.9 Å². The molecule has 1 heterocycles. The molecule has 2 aromatic rings. The Morgan fingerprint density at radius 1 is 1.38 bits per heavy atom. The summed E-state index contributed by atoms with van der Waals surface area (Å²) in [6.07, 6.45) is 0.585. The number of halogens is 3. The van der Waals surface area contributed by atoms with Crippen molar-refractivity contribution in [1.82, 2.24) is 9.97 Å². The van der Waals surface area contributed by atoms with Gasteiger partial charge in [0.05, 0.1) is 20.9 Å². The molecular formula is C15H12Cl2FN3O4S. The predicted octanol–water partition coefficient (Wildman–Crippen LogP) is 3.24. The molecule has 11 heteroatoms. The fourth-order valence-electron chi connectivity index (χ4n) is 2.16. The number of aromatic carboxylic acids is 1. The van der Waals surface area contributed by atoms with Gasteiger partial charge in [0.25, 0.3) is 0 Å². The van der Waals surface area contributed by atoms with Gasteiger partial charge in [-0.15, -0.1) is 0 Å². The maximum absolute atomic E-state index is 13.1. The van der Waals surface area contributed by atoms with Gasteiger partial charge in [0, 0.05) is 12.6 Å². The molecule has 7 nitrogen and oxygen atoms in total. The second kappa shape index (κ2) is 7.65. The van der Waals surface area contributed by atoms with E-state index >= 15 is 0 Å². The van der Waals surface area contributed by atoms with E-state index in [-0.39, 0.29) is 38.6 Å². The van der Waals surface area contributed by atoms with Crippen molar-refractivity contribution in [3.8, 4) is 0 Å². The van der Waals surface area contributed by atoms with E-state index in [4.69, 9.17) is 33.7 Å². The molecule has 26 heavy (non-hydrogen) atoms. The first-order valence-electron chi connectivity index (χ1n) is 7.06. The van der Waals surface area contributed by atoms with Crippen LogP contribution < -0.4 is 0 Å². The first-order chi connectivity index (χ1) is 12.0. The van der Waals surface area contributed by atoms with Crippen LogP contribution in [-0.2, 0) is 9.84 Å². The number of hydrogen-bond donors (Lipinski definition) is 2. The smallest absolute Gasteiger partial charge is 0.339 e. The van der Waals surface area contributed by atoms with Crippen LogP contribution in [0.4, 0.5) is 4.39 Å². The monoisotopic (exact) mass is 419 g/mol. The summed E-state index contributed by atoms with van der Waals surface area (Å²) in [5.41, 5.74) is -0.991. The summed E-state index contributed by atoms with van der Waals surface area (Å²) in [4.78, 5) is 18.2. The summed E-state index contributed by atoms with van der Waals surface area (Å²) in [5, 5.41) is 15.5. The third-order valence-corrected chi connectivity index (χ3v) is 6.30. The number of nitrogens with one attached hydrogen (secondary N) is 1. The van der Waals surface area contributed by atoms with E-state index in [1.165, 1.54) is 6.92 Å². The Hall–Kier alpha value is -2.10. The molecular weight excluding hydrogens is 408 g/mol. The molecule has 0 radical (unpaired) electrons. The standard InChI is InChI=1S/C15H12Cl2FN3O4S/c1-7(26(24,25)12-3-2-8(18)5-10(12)16)4-11(19)13-9(14(22)23)6-20-15(17)21-13/h2-3,5-7,19H,4H2,1H3,(H,22,23)/t7-/m0/s1. The van der Waals surface area contributed by atoms with E-state index in [9.17, 15) is 17.6 Å². The van der Waals surface area contributed by atoms with Crippen molar-refractivity contribution in [2.75, 3.05) is 0 Å². The predicted molar refractivity (Wildman–Crippen MR) is 93.5 cm³/mol. The molecule has 0 aliphatic heterocycles. The van der Waals surface area contributed by atoms with Gasteiger partial charge in [-0.2, -0.15) is 0 Å². The van der Waals surface area contributed by atoms with Crippen molar-refractivity contribution in [2.24, 2.45) is 0 Å². The van der Waals surface area contributed by atoms with Crippen molar-refractivity contribution in [3.63, 3.8) is 0 Å². The molecule has 0 saturated carbocycles. The summed E-state index contributed by atoms with van der Waals surface area (Å²) in [6, 6.07) is 2.88. The second-order valence-corrected chi connectivity index (χ2v) is 8.40. The highest BCUT2D eigenvalue weighted by Crippen LogP contribution is 2.27. The van der Waals surface area contributed by atoms with Crippen LogP contribution in [0, 0.1) is 11.2 Å². The van der Waals surface area contributed by atoms with E-state index in [1.807, 2.05) is 0 Å². The SMILES string of the molecule is C[C@@H](CC(=N)c1nc(Cl)ncc1C(=O)O)S(=O)(=O)c1ccc(F)cc1Cl. The number of carboxylic acid groups (broad SMARTS) is 1. The van der Waals surface area contributed by atoms with Crippen LogP contribution in [0.25, 0.3) is 0 Å². The molecule has 1 atom stereocenters. The van der Waals surface area contributed by atoms with Gasteiger partial charge in [0.2, 0.25) is 5.28 Å². The van der Waals surface area contributed by atoms with Gasteiger partial charge in [-0.25, -0.2) is 27.6 Å². The van der Waals surface area contributed by atoms with Gasteiger partial charge in [-0.1, -0.05) is 11.6 Å². The maximum atomic E-state index is 13.1. The summed E-state index contributed by atoms with van der Waals surface area (Å²) in [6.45, 7) is 1.33. The zero-order valence-corrected chi connectivity index (χ0v) is 15.5. The Balaban J connectivity index is 2.35. The molecule has 0 amide bonds. The van der Waals surface area contributed by atoms with Gasteiger partial charge in [0.1, 0.15) is 17.1 Å². The number of nitrogens with zero attached hydrogens (tertiary/aromatic N) is 2. The minimum atomic E-state index is -4.00. The Morgan fingerprint density at radius 3 is 2.62 bits per heavy atom. The third-order valence-electron chi connectivity index (χ3n) is 3.50. The van der Waals surface area contributed by atoms with Crippen LogP contribution in [-0.4, -0.2) is 40.4 Å². The Bertz CT molecular complexity index is 998. The van der Waals surface area contributed by atoms with Gasteiger partial charge < -0.3 is 10.5 Å². The van der Waals surface area contributed by atoms with E-state index in [0.29, 0.717) is 0 Å². The molecule has 2 rings (SSSR count). The largest absolute Gasteiger partial charge is 0.478 e. The number of benzene rings is 1. The Kier molecular flexibility index (Phi) is 5.94. The number of sulfone groups is 1. The normalized spacial score (nSPS) is 12.6. The van der Waals surface area contributed by atoms with Crippen LogP contribution >= 0.6 is 23.2 Å². The lowest BCUT2D eigenvalue weighted by molar-refractivity contribution is 0.0695. The van der Waals surface area contributed by atoms with E-state index in [0.717, 1.165) is 24.4 Å². The molecule has 2 N–H and O–H groups in total. The minimum absolute atomic E-state index is 0.271. The molecule has 0 aliphatic carbocycles. The molecule has 1 aromatic heterocycles. The van der Waals surface area contributed by atoms with Crippen molar-refractivity contribution >= 4 is 44.7 Å². The van der Waals surface area contributed by atoms with Crippen LogP contribution in [0.15, 0.2) is 29.3 Å². The second-order valence-electron chi connectivity index (χ2n) is 5.32. The first-order valence-corrected chi connectivity index (χ1v) is 9.36. The molecule has 0 saturated heterocycles. The zero-order valence-electron chi connectivity index (χ0n) is 13.2. The summed E-state index contributed by atoms with van der Waals surface area (Å²) in [5.74, 6) is -2.06. The highest BCUT2D eigenvalue weighted by atomic mass is 35.5. The zero-order chi connectivity index (χ0) is 19.6. The van der Waals surface area contributed by atoms with Crippen molar-refractivity contribution in [3.05, 3.63) is 51.8 Å². The van der Waals surface area contributed by atoms with Crippen LogP contribution in [0.5, 0.6) is 0 Å². The number of rotatable bonds is 6. The lowest BCUT2D eigenvalue weighted by Crippen LogP contribution is -2.24.